The number of rotatable bonds is 3. The summed E-state index contributed by atoms with van der Waals surface area (Å²) in [5, 5.41) is 3.47. The number of amides is 2. The number of hydrogen-bond donors (Lipinski definition) is 2. The van der Waals surface area contributed by atoms with E-state index in [9.17, 15) is 4.79 Å². The van der Waals surface area contributed by atoms with Gasteiger partial charge in [0, 0.05) is 28.6 Å². The summed E-state index contributed by atoms with van der Waals surface area (Å²) >= 11 is 6.07. The summed E-state index contributed by atoms with van der Waals surface area (Å²) in [6.07, 6.45) is 0. The molecule has 0 aliphatic rings. The number of nitrogens with zero attached hydrogens (tertiary/aromatic N) is 1. The number of anilines is 3. The van der Waals surface area contributed by atoms with Gasteiger partial charge in [0.25, 0.3) is 0 Å². The molecule has 0 saturated heterocycles. The van der Waals surface area contributed by atoms with Gasteiger partial charge in [0.1, 0.15) is 0 Å². The summed E-state index contributed by atoms with van der Waals surface area (Å²) < 4.78 is 0. The van der Waals surface area contributed by atoms with Crippen LogP contribution in [-0.4, -0.2) is 12.6 Å². The minimum Gasteiger partial charge on any atom is -0.399 e. The molecule has 2 aromatic rings. The number of urea groups is 1. The first-order valence-corrected chi connectivity index (χ1v) is 7.09. The van der Waals surface area contributed by atoms with Crippen molar-refractivity contribution in [3.8, 4) is 0 Å². The summed E-state index contributed by atoms with van der Waals surface area (Å²) in [6, 6.07) is 12.4. The zero-order valence-electron chi connectivity index (χ0n) is 12.1. The smallest absolute Gasteiger partial charge is 0.326 e. The normalized spacial score (nSPS) is 10.2. The lowest BCUT2D eigenvalue weighted by molar-refractivity contribution is 0.257. The molecule has 0 spiro atoms. The van der Waals surface area contributed by atoms with Crippen molar-refractivity contribution < 1.29 is 4.79 Å². The van der Waals surface area contributed by atoms with Crippen LogP contribution in [0.25, 0.3) is 0 Å². The molecule has 0 fully saturated rings. The molecule has 2 amide bonds. The van der Waals surface area contributed by atoms with E-state index >= 15 is 0 Å². The molecule has 5 heteroatoms. The minimum atomic E-state index is -0.219. The van der Waals surface area contributed by atoms with Gasteiger partial charge in [-0.25, -0.2) is 4.79 Å². The van der Waals surface area contributed by atoms with Gasteiger partial charge in [0.2, 0.25) is 0 Å². The van der Waals surface area contributed by atoms with Crippen molar-refractivity contribution in [1.82, 2.24) is 0 Å². The molecule has 0 aromatic heterocycles. The van der Waals surface area contributed by atoms with Crippen LogP contribution in [0.5, 0.6) is 0 Å². The van der Waals surface area contributed by atoms with Crippen molar-refractivity contribution in [3.05, 3.63) is 53.1 Å². The zero-order chi connectivity index (χ0) is 15.4. The van der Waals surface area contributed by atoms with E-state index in [1.54, 1.807) is 23.1 Å². The topological polar surface area (TPSA) is 58.4 Å². The molecule has 110 valence electrons. The highest BCUT2D eigenvalue weighted by Crippen LogP contribution is 2.22. The second-order valence-electron chi connectivity index (χ2n) is 4.73. The van der Waals surface area contributed by atoms with Gasteiger partial charge in [-0.3, -0.25) is 4.90 Å². The number of carbonyl (C=O) groups is 1. The quantitative estimate of drug-likeness (QED) is 0.831. The van der Waals surface area contributed by atoms with Crippen molar-refractivity contribution in [2.24, 2.45) is 0 Å². The number of aryl methyl sites for hydroxylation is 1. The van der Waals surface area contributed by atoms with Crippen molar-refractivity contribution in [2.45, 2.75) is 13.8 Å². The molecule has 0 atom stereocenters. The van der Waals surface area contributed by atoms with E-state index in [0.717, 1.165) is 11.3 Å². The first-order chi connectivity index (χ1) is 10.0. The number of nitrogen functional groups attached to an aromatic ring is 1. The van der Waals surface area contributed by atoms with Crippen LogP contribution in [0.1, 0.15) is 12.5 Å². The van der Waals surface area contributed by atoms with Gasteiger partial charge < -0.3 is 11.1 Å². The number of halogens is 1. The van der Waals surface area contributed by atoms with E-state index in [2.05, 4.69) is 5.32 Å². The van der Waals surface area contributed by atoms with Crippen molar-refractivity contribution in [2.75, 3.05) is 22.5 Å². The molecule has 21 heavy (non-hydrogen) atoms. The average molecular weight is 304 g/mol. The van der Waals surface area contributed by atoms with E-state index in [-0.39, 0.29) is 6.03 Å². The maximum Gasteiger partial charge on any atom is 0.326 e. The minimum absolute atomic E-state index is 0.219. The Labute approximate surface area is 129 Å². The third-order valence-electron chi connectivity index (χ3n) is 3.17. The lowest BCUT2D eigenvalue weighted by atomic mass is 10.2. The van der Waals surface area contributed by atoms with E-state index in [0.29, 0.717) is 22.9 Å². The van der Waals surface area contributed by atoms with Gasteiger partial charge in [-0.15, -0.1) is 0 Å². The Hall–Kier alpha value is -2.20. The van der Waals surface area contributed by atoms with Gasteiger partial charge in [-0.2, -0.15) is 0 Å². The molecule has 0 heterocycles. The first kappa shape index (κ1) is 15.2. The van der Waals surface area contributed by atoms with Gasteiger partial charge in [0.05, 0.1) is 0 Å². The van der Waals surface area contributed by atoms with Crippen LogP contribution in [-0.2, 0) is 0 Å². The molecule has 0 aliphatic carbocycles. The number of hydrogen-bond acceptors (Lipinski definition) is 2. The van der Waals surface area contributed by atoms with Gasteiger partial charge in [-0.1, -0.05) is 23.7 Å². The Morgan fingerprint density at radius 3 is 2.67 bits per heavy atom. The highest BCUT2D eigenvalue weighted by Gasteiger charge is 2.14. The molecule has 0 aliphatic heterocycles. The largest absolute Gasteiger partial charge is 0.399 e. The Bertz CT molecular complexity index is 658. The molecule has 2 rings (SSSR count). The second kappa shape index (κ2) is 6.50. The van der Waals surface area contributed by atoms with E-state index in [4.69, 9.17) is 17.3 Å². The van der Waals surface area contributed by atoms with E-state index in [1.807, 2.05) is 38.1 Å². The van der Waals surface area contributed by atoms with Crippen LogP contribution in [0.15, 0.2) is 42.5 Å². The Balaban J connectivity index is 2.18. The molecule has 2 aromatic carbocycles. The summed E-state index contributed by atoms with van der Waals surface area (Å²) in [4.78, 5) is 14.0. The molecular formula is C16H18ClN3O. The predicted molar refractivity (Wildman–Crippen MR) is 89.1 cm³/mol. The molecule has 4 nitrogen and oxygen atoms in total. The van der Waals surface area contributed by atoms with Crippen LogP contribution in [0.3, 0.4) is 0 Å². The molecule has 0 unspecified atom stereocenters. The van der Waals surface area contributed by atoms with Crippen LogP contribution in [0.2, 0.25) is 5.02 Å². The monoisotopic (exact) mass is 303 g/mol. The van der Waals surface area contributed by atoms with Gasteiger partial charge in [0.15, 0.2) is 0 Å². The SMILES string of the molecule is CCN(C(=O)Nc1ccc(C)c(Cl)c1)c1cccc(N)c1. The number of carbonyl (C=O) groups excluding carboxylic acids is 1. The maximum absolute atomic E-state index is 12.4. The third-order valence-corrected chi connectivity index (χ3v) is 3.57. The first-order valence-electron chi connectivity index (χ1n) is 6.71. The van der Waals surface area contributed by atoms with Crippen LogP contribution in [0, 0.1) is 6.92 Å². The Morgan fingerprint density at radius 2 is 2.05 bits per heavy atom. The van der Waals surface area contributed by atoms with Crippen molar-refractivity contribution >= 4 is 34.7 Å². The number of nitrogens with one attached hydrogen (secondary N) is 1. The Kier molecular flexibility index (Phi) is 4.70. The van der Waals surface area contributed by atoms with Crippen molar-refractivity contribution in [1.29, 1.82) is 0 Å². The molecule has 0 radical (unpaired) electrons. The number of benzene rings is 2. The summed E-state index contributed by atoms with van der Waals surface area (Å²) in [5.41, 5.74) is 8.78. The molecular weight excluding hydrogens is 286 g/mol. The lowest BCUT2D eigenvalue weighted by Gasteiger charge is -2.22. The summed E-state index contributed by atoms with van der Waals surface area (Å²) in [6.45, 7) is 4.36. The van der Waals surface area contributed by atoms with E-state index in [1.165, 1.54) is 0 Å². The van der Waals surface area contributed by atoms with E-state index < -0.39 is 0 Å². The summed E-state index contributed by atoms with van der Waals surface area (Å²) in [7, 11) is 0. The number of nitrogens with two attached hydrogens (primary N) is 1. The standard InChI is InChI=1S/C16H18ClN3O/c1-3-20(14-6-4-5-12(18)9-14)16(21)19-13-8-7-11(2)15(17)10-13/h4-10H,3,18H2,1-2H3,(H,19,21). The van der Waals surface area contributed by atoms with Crippen molar-refractivity contribution in [3.63, 3.8) is 0 Å². The van der Waals surface area contributed by atoms with Gasteiger partial charge >= 0.3 is 6.03 Å². The third kappa shape index (κ3) is 3.67. The molecule has 3 N–H and O–H groups in total. The van der Waals surface area contributed by atoms with Crippen LogP contribution in [0.4, 0.5) is 21.9 Å². The van der Waals surface area contributed by atoms with Crippen LogP contribution < -0.4 is 16.0 Å². The zero-order valence-corrected chi connectivity index (χ0v) is 12.8. The maximum atomic E-state index is 12.4. The average Bonchev–Trinajstić information content (AvgIpc) is 2.44. The highest BCUT2D eigenvalue weighted by molar-refractivity contribution is 6.31. The molecule has 0 bridgehead atoms. The fourth-order valence-corrected chi connectivity index (χ4v) is 2.18. The summed E-state index contributed by atoms with van der Waals surface area (Å²) in [5.74, 6) is 0. The van der Waals surface area contributed by atoms with Crippen LogP contribution >= 0.6 is 11.6 Å². The Morgan fingerprint density at radius 1 is 1.29 bits per heavy atom. The fourth-order valence-electron chi connectivity index (χ4n) is 2.00. The lowest BCUT2D eigenvalue weighted by Crippen LogP contribution is -2.34. The second-order valence-corrected chi connectivity index (χ2v) is 5.14. The fraction of sp³-hybridized carbons (Fsp3) is 0.188. The van der Waals surface area contributed by atoms with Gasteiger partial charge in [-0.05, 0) is 49.7 Å². The molecule has 0 saturated carbocycles. The predicted octanol–water partition coefficient (Wildman–Crippen LogP) is 4.29. The highest BCUT2D eigenvalue weighted by atomic mass is 35.5.